The zero-order valence-corrected chi connectivity index (χ0v) is 14.9. The predicted octanol–water partition coefficient (Wildman–Crippen LogP) is 2.20. The number of hydrogen-bond acceptors (Lipinski definition) is 4. The standard InChI is InChI=1S/C19H25FN2O4/c1-13-6-4-5-9-19(13)17(24)22(18(25)21-19)10-15(23)12-26-11-14-7-2-3-8-16(14)20/h2-3,7-8,13,15,23H,4-6,9-12H2,1H3,(H,21,25)/t13-,15-,19+/m1/s1. The first-order valence-electron chi connectivity index (χ1n) is 9.07. The van der Waals surface area contributed by atoms with Gasteiger partial charge in [0.2, 0.25) is 0 Å². The Morgan fingerprint density at radius 2 is 2.15 bits per heavy atom. The maximum atomic E-state index is 13.5. The molecule has 1 aromatic carbocycles. The van der Waals surface area contributed by atoms with Crippen LogP contribution in [0.3, 0.4) is 0 Å². The van der Waals surface area contributed by atoms with Crippen molar-refractivity contribution >= 4 is 11.9 Å². The largest absolute Gasteiger partial charge is 0.389 e. The number of aliphatic hydroxyl groups is 1. The molecule has 1 aromatic rings. The number of imide groups is 1. The molecular weight excluding hydrogens is 339 g/mol. The Balaban J connectivity index is 1.54. The summed E-state index contributed by atoms with van der Waals surface area (Å²) in [6, 6.07) is 5.78. The van der Waals surface area contributed by atoms with Crippen molar-refractivity contribution in [1.29, 1.82) is 0 Å². The molecule has 142 valence electrons. The lowest BCUT2D eigenvalue weighted by Crippen LogP contribution is -2.54. The number of amides is 3. The van der Waals surface area contributed by atoms with Gasteiger partial charge in [0.15, 0.2) is 0 Å². The predicted molar refractivity (Wildman–Crippen MR) is 92.7 cm³/mol. The van der Waals surface area contributed by atoms with Gasteiger partial charge in [-0.25, -0.2) is 9.18 Å². The first-order valence-corrected chi connectivity index (χ1v) is 9.07. The van der Waals surface area contributed by atoms with Gasteiger partial charge in [-0.15, -0.1) is 0 Å². The molecule has 0 unspecified atom stereocenters. The van der Waals surface area contributed by atoms with Crippen molar-refractivity contribution in [1.82, 2.24) is 10.2 Å². The Hall–Kier alpha value is -1.99. The Morgan fingerprint density at radius 1 is 1.38 bits per heavy atom. The minimum absolute atomic E-state index is 0.0187. The Labute approximate surface area is 152 Å². The normalized spacial score (nSPS) is 27.0. The summed E-state index contributed by atoms with van der Waals surface area (Å²) in [5, 5.41) is 13.0. The number of hydrogen-bond donors (Lipinski definition) is 2. The van der Waals surface area contributed by atoms with Crippen LogP contribution >= 0.6 is 0 Å². The van der Waals surface area contributed by atoms with Crippen LogP contribution in [0.4, 0.5) is 9.18 Å². The average Bonchev–Trinajstić information content (AvgIpc) is 2.84. The minimum Gasteiger partial charge on any atom is -0.389 e. The topological polar surface area (TPSA) is 78.9 Å². The van der Waals surface area contributed by atoms with Crippen LogP contribution in [-0.2, 0) is 16.1 Å². The van der Waals surface area contributed by atoms with E-state index in [9.17, 15) is 19.1 Å². The second-order valence-corrected chi connectivity index (χ2v) is 7.22. The first-order chi connectivity index (χ1) is 12.4. The van der Waals surface area contributed by atoms with Gasteiger partial charge in [0.1, 0.15) is 11.4 Å². The zero-order valence-electron chi connectivity index (χ0n) is 14.9. The molecular formula is C19H25FN2O4. The van der Waals surface area contributed by atoms with Crippen molar-refractivity contribution < 1.29 is 23.8 Å². The number of nitrogens with zero attached hydrogens (tertiary/aromatic N) is 1. The summed E-state index contributed by atoms with van der Waals surface area (Å²) in [6.07, 6.45) is 2.46. The van der Waals surface area contributed by atoms with E-state index in [1.807, 2.05) is 6.92 Å². The van der Waals surface area contributed by atoms with E-state index in [0.29, 0.717) is 12.0 Å². The number of nitrogens with one attached hydrogen (secondary N) is 1. The number of benzene rings is 1. The number of rotatable bonds is 6. The van der Waals surface area contributed by atoms with Crippen LogP contribution in [0.1, 0.15) is 38.2 Å². The van der Waals surface area contributed by atoms with Crippen LogP contribution in [0.15, 0.2) is 24.3 Å². The molecule has 0 radical (unpaired) electrons. The number of ether oxygens (including phenoxy) is 1. The van der Waals surface area contributed by atoms with Crippen LogP contribution in [-0.4, -0.2) is 46.7 Å². The van der Waals surface area contributed by atoms with E-state index < -0.39 is 17.7 Å². The maximum Gasteiger partial charge on any atom is 0.325 e. The summed E-state index contributed by atoms with van der Waals surface area (Å²) in [7, 11) is 0. The van der Waals surface area contributed by atoms with E-state index in [2.05, 4.69) is 5.32 Å². The molecule has 1 aliphatic carbocycles. The van der Waals surface area contributed by atoms with Crippen molar-refractivity contribution in [3.8, 4) is 0 Å². The van der Waals surface area contributed by atoms with Gasteiger partial charge in [-0.3, -0.25) is 9.69 Å². The average molecular weight is 364 g/mol. The van der Waals surface area contributed by atoms with Gasteiger partial charge < -0.3 is 15.2 Å². The summed E-state index contributed by atoms with van der Waals surface area (Å²) >= 11 is 0. The molecule has 1 spiro atoms. The summed E-state index contributed by atoms with van der Waals surface area (Å²) in [5.41, 5.74) is -0.437. The number of urea groups is 1. The van der Waals surface area contributed by atoms with Crippen molar-refractivity contribution in [2.24, 2.45) is 5.92 Å². The fourth-order valence-corrected chi connectivity index (χ4v) is 3.85. The molecule has 3 amide bonds. The van der Waals surface area contributed by atoms with E-state index in [-0.39, 0.29) is 37.4 Å². The summed E-state index contributed by atoms with van der Waals surface area (Å²) in [4.78, 5) is 26.2. The van der Waals surface area contributed by atoms with Crippen LogP contribution in [0.5, 0.6) is 0 Å². The van der Waals surface area contributed by atoms with E-state index in [4.69, 9.17) is 4.74 Å². The van der Waals surface area contributed by atoms with Crippen molar-refractivity contribution in [2.45, 2.75) is 50.9 Å². The second-order valence-electron chi connectivity index (χ2n) is 7.22. The molecule has 3 atom stereocenters. The zero-order chi connectivity index (χ0) is 18.7. The van der Waals surface area contributed by atoms with Gasteiger partial charge in [-0.2, -0.15) is 0 Å². The Morgan fingerprint density at radius 3 is 2.88 bits per heavy atom. The fraction of sp³-hybridized carbons (Fsp3) is 0.579. The molecule has 2 N–H and O–H groups in total. The quantitative estimate of drug-likeness (QED) is 0.759. The number of carbonyl (C=O) groups is 2. The molecule has 7 heteroatoms. The molecule has 26 heavy (non-hydrogen) atoms. The SMILES string of the molecule is C[C@@H]1CCCC[C@]12NC(=O)N(C[C@@H](O)COCc1ccccc1F)C2=O. The molecule has 1 aliphatic heterocycles. The Kier molecular flexibility index (Phi) is 5.58. The monoisotopic (exact) mass is 364 g/mol. The highest BCUT2D eigenvalue weighted by Gasteiger charge is 2.54. The molecule has 6 nitrogen and oxygen atoms in total. The highest BCUT2D eigenvalue weighted by molar-refractivity contribution is 6.07. The second kappa shape index (κ2) is 7.72. The summed E-state index contributed by atoms with van der Waals surface area (Å²) in [5.74, 6) is -0.556. The van der Waals surface area contributed by atoms with Gasteiger partial charge in [-0.05, 0) is 24.8 Å². The highest BCUT2D eigenvalue weighted by Crippen LogP contribution is 2.38. The van der Waals surface area contributed by atoms with Crippen molar-refractivity contribution in [3.05, 3.63) is 35.6 Å². The lowest BCUT2D eigenvalue weighted by atomic mass is 9.73. The molecule has 2 aliphatic rings. The molecule has 2 fully saturated rings. The molecule has 3 rings (SSSR count). The van der Waals surface area contributed by atoms with Crippen molar-refractivity contribution in [3.63, 3.8) is 0 Å². The number of β-amino-alcohol motifs (C(OH)–C–C–N with tert-alkyl or cyclic N) is 1. The van der Waals surface area contributed by atoms with E-state index in [1.54, 1.807) is 18.2 Å². The van der Waals surface area contributed by atoms with Crippen LogP contribution in [0.25, 0.3) is 0 Å². The third-order valence-corrected chi connectivity index (χ3v) is 5.42. The molecule has 0 bridgehead atoms. The lowest BCUT2D eigenvalue weighted by Gasteiger charge is -2.36. The first kappa shape index (κ1) is 18.8. The maximum absolute atomic E-state index is 13.5. The van der Waals surface area contributed by atoms with Gasteiger partial charge in [0.25, 0.3) is 5.91 Å². The summed E-state index contributed by atoms with van der Waals surface area (Å²) < 4.78 is 18.9. The molecule has 1 saturated carbocycles. The van der Waals surface area contributed by atoms with Crippen LogP contribution < -0.4 is 5.32 Å². The Bertz CT molecular complexity index is 683. The number of aliphatic hydroxyl groups excluding tert-OH is 1. The lowest BCUT2D eigenvalue weighted by molar-refractivity contribution is -0.135. The molecule has 1 saturated heterocycles. The highest BCUT2D eigenvalue weighted by atomic mass is 19.1. The van der Waals surface area contributed by atoms with Gasteiger partial charge >= 0.3 is 6.03 Å². The molecule has 1 heterocycles. The minimum atomic E-state index is -1.02. The number of carbonyl (C=O) groups excluding carboxylic acids is 2. The van der Waals surface area contributed by atoms with Gasteiger partial charge in [0, 0.05) is 5.56 Å². The number of halogens is 1. The third-order valence-electron chi connectivity index (χ3n) is 5.42. The van der Waals surface area contributed by atoms with E-state index in [1.165, 1.54) is 6.07 Å². The summed E-state index contributed by atoms with van der Waals surface area (Å²) in [6.45, 7) is 1.78. The van der Waals surface area contributed by atoms with Gasteiger partial charge in [0.05, 0.1) is 25.9 Å². The van der Waals surface area contributed by atoms with Crippen molar-refractivity contribution in [2.75, 3.05) is 13.2 Å². The molecule has 0 aromatic heterocycles. The van der Waals surface area contributed by atoms with Crippen LogP contribution in [0.2, 0.25) is 0 Å². The van der Waals surface area contributed by atoms with E-state index in [0.717, 1.165) is 24.2 Å². The van der Waals surface area contributed by atoms with E-state index >= 15 is 0 Å². The fourth-order valence-electron chi connectivity index (χ4n) is 3.85. The smallest absolute Gasteiger partial charge is 0.325 e. The van der Waals surface area contributed by atoms with Crippen LogP contribution in [0, 0.1) is 11.7 Å². The third kappa shape index (κ3) is 3.59. The van der Waals surface area contributed by atoms with Gasteiger partial charge in [-0.1, -0.05) is 38.0 Å².